The first-order valence-electron chi connectivity index (χ1n) is 9.75. The Kier molecular flexibility index (Phi) is 7.19. The van der Waals surface area contributed by atoms with E-state index in [-0.39, 0.29) is 0 Å². The number of carbonyl (C=O) groups is 1. The highest BCUT2D eigenvalue weighted by Gasteiger charge is 2.35. The van der Waals surface area contributed by atoms with Crippen LogP contribution in [0.25, 0.3) is 0 Å². The van der Waals surface area contributed by atoms with Crippen molar-refractivity contribution in [3.8, 4) is 5.75 Å². The first-order valence-corrected chi connectivity index (χ1v) is 11.3. The molecule has 3 rings (SSSR count). The second-order valence-corrected chi connectivity index (χ2v) is 9.25. The standard InChI is InChI=1S/C24H26O4S/c1-2-3-10-19-27-20-15-17-23(18-16-20)29(28-24(25)26,21-11-6-4-7-12-21)22-13-8-5-9-14-22/h4-9,11-18H,2-3,10,19H2,1H3,(H,25,26). The second kappa shape index (κ2) is 10.0. The lowest BCUT2D eigenvalue weighted by Crippen LogP contribution is -2.12. The van der Waals surface area contributed by atoms with Crippen LogP contribution in [0.5, 0.6) is 5.75 Å². The summed E-state index contributed by atoms with van der Waals surface area (Å²) >= 11 is 0. The molecule has 0 aromatic heterocycles. The smallest absolute Gasteiger partial charge is 0.494 e. The van der Waals surface area contributed by atoms with Gasteiger partial charge < -0.3 is 14.0 Å². The molecule has 0 aliphatic heterocycles. The van der Waals surface area contributed by atoms with Crippen LogP contribution in [0, 0.1) is 0 Å². The van der Waals surface area contributed by atoms with Crippen LogP contribution in [-0.2, 0) is 4.18 Å². The molecule has 1 N–H and O–H groups in total. The van der Waals surface area contributed by atoms with Gasteiger partial charge in [-0.15, -0.1) is 0 Å². The highest BCUT2D eigenvalue weighted by atomic mass is 32.3. The molecule has 0 unspecified atom stereocenters. The monoisotopic (exact) mass is 410 g/mol. The maximum atomic E-state index is 11.8. The van der Waals surface area contributed by atoms with Crippen molar-refractivity contribution in [2.45, 2.75) is 40.9 Å². The summed E-state index contributed by atoms with van der Waals surface area (Å²) in [6, 6.07) is 26.7. The van der Waals surface area contributed by atoms with E-state index in [1.165, 1.54) is 0 Å². The molecule has 0 spiro atoms. The topological polar surface area (TPSA) is 55.8 Å². The van der Waals surface area contributed by atoms with Crippen molar-refractivity contribution in [2.24, 2.45) is 0 Å². The van der Waals surface area contributed by atoms with Gasteiger partial charge in [-0.1, -0.05) is 56.2 Å². The van der Waals surface area contributed by atoms with Gasteiger partial charge in [0.2, 0.25) is 0 Å². The Morgan fingerprint density at radius 2 is 1.31 bits per heavy atom. The molecule has 4 nitrogen and oxygen atoms in total. The van der Waals surface area contributed by atoms with Crippen molar-refractivity contribution in [3.05, 3.63) is 84.9 Å². The molecule has 0 atom stereocenters. The van der Waals surface area contributed by atoms with E-state index in [0.29, 0.717) is 6.61 Å². The van der Waals surface area contributed by atoms with Gasteiger partial charge in [-0.3, -0.25) is 0 Å². The third-order valence-electron chi connectivity index (χ3n) is 4.52. The first kappa shape index (κ1) is 20.8. The molecule has 0 aliphatic carbocycles. The molecule has 0 radical (unpaired) electrons. The summed E-state index contributed by atoms with van der Waals surface area (Å²) in [5.74, 6) is 0.773. The summed E-state index contributed by atoms with van der Waals surface area (Å²) in [5, 5.41) is 9.63. The Bertz CT molecular complexity index is 856. The number of ether oxygens (including phenoxy) is 1. The molecule has 0 amide bonds. The third-order valence-corrected chi connectivity index (χ3v) is 7.72. The average molecular weight is 411 g/mol. The van der Waals surface area contributed by atoms with Gasteiger partial charge >= 0.3 is 6.16 Å². The average Bonchev–Trinajstić information content (AvgIpc) is 2.77. The zero-order chi connectivity index (χ0) is 20.5. The predicted octanol–water partition coefficient (Wildman–Crippen LogP) is 7.15. The molecular formula is C24H26O4S. The fraction of sp³-hybridized carbons (Fsp3) is 0.208. The zero-order valence-corrected chi connectivity index (χ0v) is 17.3. The maximum absolute atomic E-state index is 11.8. The van der Waals surface area contributed by atoms with E-state index in [2.05, 4.69) is 6.92 Å². The molecular weight excluding hydrogens is 384 g/mol. The van der Waals surface area contributed by atoms with Crippen LogP contribution in [0.3, 0.4) is 0 Å². The van der Waals surface area contributed by atoms with Gasteiger partial charge in [0.05, 0.1) is 6.61 Å². The summed E-state index contributed by atoms with van der Waals surface area (Å²) in [7, 11) is -2.43. The van der Waals surface area contributed by atoms with Gasteiger partial charge in [-0.05, 0) is 65.3 Å². The van der Waals surface area contributed by atoms with Crippen LogP contribution in [0.15, 0.2) is 99.6 Å². The van der Waals surface area contributed by atoms with Gasteiger partial charge in [0.1, 0.15) is 5.75 Å². The summed E-state index contributed by atoms with van der Waals surface area (Å²) in [6.07, 6.45) is 2.01. The lowest BCUT2D eigenvalue weighted by Gasteiger charge is -2.38. The largest absolute Gasteiger partial charge is 0.517 e. The fourth-order valence-electron chi connectivity index (χ4n) is 3.15. The fourth-order valence-corrected chi connectivity index (χ4v) is 6.07. The normalized spacial score (nSPS) is 11.6. The summed E-state index contributed by atoms with van der Waals surface area (Å²) in [6.45, 7) is 2.83. The van der Waals surface area contributed by atoms with Crippen molar-refractivity contribution in [1.29, 1.82) is 0 Å². The quantitative estimate of drug-likeness (QED) is 0.381. The van der Waals surface area contributed by atoms with Gasteiger partial charge in [0, 0.05) is 14.7 Å². The molecule has 0 saturated carbocycles. The van der Waals surface area contributed by atoms with Gasteiger partial charge in [-0.2, -0.15) is 0 Å². The number of benzene rings is 3. The van der Waals surface area contributed by atoms with Crippen LogP contribution >= 0.6 is 10.3 Å². The SMILES string of the molecule is CCCCCOc1ccc(S(OC(=O)O)(c2ccccc2)c2ccccc2)cc1. The third kappa shape index (κ3) is 4.93. The molecule has 0 heterocycles. The Morgan fingerprint density at radius 3 is 1.79 bits per heavy atom. The van der Waals surface area contributed by atoms with Crippen molar-refractivity contribution in [1.82, 2.24) is 0 Å². The number of carboxylic acid groups (broad SMARTS) is 1. The highest BCUT2D eigenvalue weighted by Crippen LogP contribution is 2.69. The van der Waals surface area contributed by atoms with Gasteiger partial charge in [-0.25, -0.2) is 4.79 Å². The van der Waals surface area contributed by atoms with Crippen LogP contribution in [0.2, 0.25) is 0 Å². The molecule has 0 aliphatic rings. The zero-order valence-electron chi connectivity index (χ0n) is 16.5. The van der Waals surface area contributed by atoms with Crippen molar-refractivity contribution >= 4 is 16.5 Å². The Hall–Kier alpha value is -2.92. The molecule has 3 aromatic carbocycles. The molecule has 0 fully saturated rings. The van der Waals surface area contributed by atoms with Gasteiger partial charge in [0.15, 0.2) is 0 Å². The van der Waals surface area contributed by atoms with E-state index in [4.69, 9.17) is 8.92 Å². The molecule has 0 saturated heterocycles. The molecule has 5 heteroatoms. The minimum absolute atomic E-state index is 0.675. The molecule has 29 heavy (non-hydrogen) atoms. The molecule has 3 aromatic rings. The van der Waals surface area contributed by atoms with Crippen LogP contribution in [0.4, 0.5) is 4.79 Å². The van der Waals surface area contributed by atoms with Crippen molar-refractivity contribution in [2.75, 3.05) is 6.61 Å². The van der Waals surface area contributed by atoms with E-state index in [0.717, 1.165) is 39.7 Å². The van der Waals surface area contributed by atoms with Gasteiger partial charge in [0.25, 0.3) is 0 Å². The van der Waals surface area contributed by atoms with E-state index in [1.807, 2.05) is 84.9 Å². The van der Waals surface area contributed by atoms with E-state index in [1.54, 1.807) is 0 Å². The van der Waals surface area contributed by atoms with Crippen molar-refractivity contribution in [3.63, 3.8) is 0 Å². The van der Waals surface area contributed by atoms with E-state index >= 15 is 0 Å². The minimum Gasteiger partial charge on any atom is -0.494 e. The van der Waals surface area contributed by atoms with Crippen LogP contribution in [-0.4, -0.2) is 17.9 Å². The summed E-state index contributed by atoms with van der Waals surface area (Å²) in [5.41, 5.74) is 0. The lowest BCUT2D eigenvalue weighted by atomic mass is 10.3. The van der Waals surface area contributed by atoms with E-state index < -0.39 is 16.5 Å². The van der Waals surface area contributed by atoms with E-state index in [9.17, 15) is 9.90 Å². The number of rotatable bonds is 9. The Labute approximate surface area is 173 Å². The maximum Gasteiger partial charge on any atom is 0.517 e. The highest BCUT2D eigenvalue weighted by molar-refractivity contribution is 8.30. The molecule has 152 valence electrons. The Morgan fingerprint density at radius 1 is 0.793 bits per heavy atom. The second-order valence-electron chi connectivity index (χ2n) is 6.56. The van der Waals surface area contributed by atoms with Crippen molar-refractivity contribution < 1.29 is 18.8 Å². The Balaban J connectivity index is 2.04. The first-order chi connectivity index (χ1) is 14.2. The summed E-state index contributed by atoms with van der Waals surface area (Å²) < 4.78 is 11.5. The summed E-state index contributed by atoms with van der Waals surface area (Å²) in [4.78, 5) is 14.2. The number of hydrogen-bond acceptors (Lipinski definition) is 3. The molecule has 0 bridgehead atoms. The predicted molar refractivity (Wildman–Crippen MR) is 116 cm³/mol. The number of hydrogen-bond donors (Lipinski definition) is 1. The number of unbranched alkanes of at least 4 members (excludes halogenated alkanes) is 2. The van der Waals surface area contributed by atoms with Crippen LogP contribution < -0.4 is 4.74 Å². The minimum atomic E-state index is -2.43. The lowest BCUT2D eigenvalue weighted by molar-refractivity contribution is 0.150. The van der Waals surface area contributed by atoms with Crippen LogP contribution in [0.1, 0.15) is 26.2 Å².